The molecule has 0 saturated heterocycles. The van der Waals surface area contributed by atoms with Gasteiger partial charge in [0.2, 0.25) is 0 Å². The first-order valence-electron chi connectivity index (χ1n) is 10.2. The Bertz CT molecular complexity index is 441. The van der Waals surface area contributed by atoms with Crippen molar-refractivity contribution in [2.75, 3.05) is 0 Å². The van der Waals surface area contributed by atoms with Crippen molar-refractivity contribution in [3.63, 3.8) is 0 Å². The fourth-order valence-electron chi connectivity index (χ4n) is 3.61. The second kappa shape index (κ2) is 12.9. The first-order valence-corrected chi connectivity index (χ1v) is 10.2. The van der Waals surface area contributed by atoms with Gasteiger partial charge < -0.3 is 4.74 Å². The Kier molecular flexibility index (Phi) is 11.2. The van der Waals surface area contributed by atoms with Crippen LogP contribution in [0.3, 0.4) is 0 Å². The minimum Gasteiger partial charge on any atom is -0.462 e. The Hall–Kier alpha value is -1.37. The summed E-state index contributed by atoms with van der Waals surface area (Å²) < 4.78 is 5.73. The summed E-state index contributed by atoms with van der Waals surface area (Å²) in [7, 11) is 0. The minimum atomic E-state index is -0.145. The number of ketones is 1. The van der Waals surface area contributed by atoms with Crippen LogP contribution in [-0.4, -0.2) is 17.9 Å². The molecule has 0 N–H and O–H groups in total. The molecule has 2 unspecified atom stereocenters. The zero-order valence-corrected chi connectivity index (χ0v) is 16.1. The zero-order chi connectivity index (χ0) is 18.5. The summed E-state index contributed by atoms with van der Waals surface area (Å²) in [6.45, 7) is 4.32. The SMILES string of the molecule is CCCCCCC(=O)O[C@H](CCCCC)CCC1CC(=O)CC1C#N. The van der Waals surface area contributed by atoms with Gasteiger partial charge >= 0.3 is 5.97 Å². The van der Waals surface area contributed by atoms with Crippen LogP contribution in [0.25, 0.3) is 0 Å². The van der Waals surface area contributed by atoms with E-state index in [1.165, 1.54) is 6.42 Å². The monoisotopic (exact) mass is 349 g/mol. The highest BCUT2D eigenvalue weighted by atomic mass is 16.5. The van der Waals surface area contributed by atoms with Crippen LogP contribution in [0.15, 0.2) is 0 Å². The largest absolute Gasteiger partial charge is 0.462 e. The molecule has 0 aromatic rings. The van der Waals surface area contributed by atoms with Crippen molar-refractivity contribution in [2.45, 2.75) is 103 Å². The number of ether oxygens (including phenoxy) is 1. The van der Waals surface area contributed by atoms with E-state index in [0.29, 0.717) is 19.3 Å². The number of nitrogens with zero attached hydrogens (tertiary/aromatic N) is 1. The molecule has 3 atom stereocenters. The van der Waals surface area contributed by atoms with Crippen molar-refractivity contribution in [3.8, 4) is 6.07 Å². The molecule has 25 heavy (non-hydrogen) atoms. The van der Waals surface area contributed by atoms with Crippen LogP contribution in [0.2, 0.25) is 0 Å². The molecule has 1 rings (SSSR count). The molecule has 1 saturated carbocycles. The Morgan fingerprint density at radius 1 is 1.12 bits per heavy atom. The standard InChI is InChI=1S/C21H35NO3/c1-3-5-7-9-11-21(24)25-20(10-8-6-4-2)13-12-17-14-19(23)15-18(17)16-22/h17-18,20H,3-15H2,1-2H3/t17?,18?,20-/m1/s1. The molecule has 142 valence electrons. The van der Waals surface area contributed by atoms with Gasteiger partial charge in [-0.3, -0.25) is 9.59 Å². The normalized spacial score (nSPS) is 21.1. The summed E-state index contributed by atoms with van der Waals surface area (Å²) in [6.07, 6.45) is 11.5. The summed E-state index contributed by atoms with van der Waals surface area (Å²) >= 11 is 0. The van der Waals surface area contributed by atoms with Crippen molar-refractivity contribution in [1.29, 1.82) is 5.26 Å². The van der Waals surface area contributed by atoms with E-state index in [-0.39, 0.29) is 29.7 Å². The number of unbranched alkanes of at least 4 members (excludes halogenated alkanes) is 5. The number of nitriles is 1. The topological polar surface area (TPSA) is 67.2 Å². The number of esters is 1. The third-order valence-electron chi connectivity index (χ3n) is 5.19. The van der Waals surface area contributed by atoms with Crippen LogP contribution >= 0.6 is 0 Å². The third kappa shape index (κ3) is 9.05. The number of hydrogen-bond acceptors (Lipinski definition) is 4. The van der Waals surface area contributed by atoms with Crippen molar-refractivity contribution in [3.05, 3.63) is 0 Å². The number of carbonyl (C=O) groups is 2. The summed E-state index contributed by atoms with van der Waals surface area (Å²) in [6, 6.07) is 2.27. The molecule has 4 heteroatoms. The number of Topliss-reactive ketones (excluding diaryl/α,β-unsaturated/α-hetero) is 1. The second-order valence-electron chi connectivity index (χ2n) is 7.44. The molecule has 4 nitrogen and oxygen atoms in total. The maximum atomic E-state index is 12.1. The molecule has 0 heterocycles. The lowest BCUT2D eigenvalue weighted by molar-refractivity contribution is -0.150. The van der Waals surface area contributed by atoms with E-state index in [4.69, 9.17) is 4.74 Å². The maximum absolute atomic E-state index is 12.1. The predicted octanol–water partition coefficient (Wildman–Crippen LogP) is 5.35. The minimum absolute atomic E-state index is 0.0553. The smallest absolute Gasteiger partial charge is 0.306 e. The summed E-state index contributed by atoms with van der Waals surface area (Å²) in [5.74, 6) is 0.118. The van der Waals surface area contributed by atoms with Gasteiger partial charge in [-0.2, -0.15) is 5.26 Å². The van der Waals surface area contributed by atoms with Crippen LogP contribution in [0.4, 0.5) is 0 Å². The fraction of sp³-hybridized carbons (Fsp3) is 0.857. The highest BCUT2D eigenvalue weighted by Crippen LogP contribution is 2.33. The van der Waals surface area contributed by atoms with Gasteiger partial charge in [-0.15, -0.1) is 0 Å². The highest BCUT2D eigenvalue weighted by Gasteiger charge is 2.33. The molecule has 0 radical (unpaired) electrons. The van der Waals surface area contributed by atoms with E-state index < -0.39 is 0 Å². The molecular formula is C21H35NO3. The molecule has 1 aliphatic carbocycles. The van der Waals surface area contributed by atoms with Gasteiger partial charge in [-0.1, -0.05) is 46.0 Å². The van der Waals surface area contributed by atoms with Crippen molar-refractivity contribution in [2.24, 2.45) is 11.8 Å². The summed E-state index contributed by atoms with van der Waals surface area (Å²) in [5, 5.41) is 9.19. The predicted molar refractivity (Wildman–Crippen MR) is 98.8 cm³/mol. The fourth-order valence-corrected chi connectivity index (χ4v) is 3.61. The van der Waals surface area contributed by atoms with E-state index in [9.17, 15) is 14.9 Å². The molecule has 1 aliphatic rings. The Labute approximate surface area is 153 Å². The van der Waals surface area contributed by atoms with Crippen LogP contribution in [0.5, 0.6) is 0 Å². The van der Waals surface area contributed by atoms with Gasteiger partial charge in [-0.05, 0) is 38.0 Å². The van der Waals surface area contributed by atoms with Gasteiger partial charge in [0.1, 0.15) is 11.9 Å². The Morgan fingerprint density at radius 2 is 1.84 bits per heavy atom. The Morgan fingerprint density at radius 3 is 2.52 bits per heavy atom. The number of hydrogen-bond donors (Lipinski definition) is 0. The second-order valence-corrected chi connectivity index (χ2v) is 7.44. The lowest BCUT2D eigenvalue weighted by Crippen LogP contribution is -2.20. The van der Waals surface area contributed by atoms with Crippen molar-refractivity contribution >= 4 is 11.8 Å². The van der Waals surface area contributed by atoms with Crippen LogP contribution in [-0.2, 0) is 14.3 Å². The molecule has 0 aromatic carbocycles. The Balaban J connectivity index is 2.42. The third-order valence-corrected chi connectivity index (χ3v) is 5.19. The molecule has 0 spiro atoms. The van der Waals surface area contributed by atoms with E-state index in [0.717, 1.165) is 57.8 Å². The van der Waals surface area contributed by atoms with Gasteiger partial charge in [0.25, 0.3) is 0 Å². The lowest BCUT2D eigenvalue weighted by atomic mass is 9.90. The van der Waals surface area contributed by atoms with Gasteiger partial charge in [0, 0.05) is 19.3 Å². The van der Waals surface area contributed by atoms with Crippen LogP contribution < -0.4 is 0 Å². The van der Waals surface area contributed by atoms with E-state index in [1.54, 1.807) is 0 Å². The zero-order valence-electron chi connectivity index (χ0n) is 16.1. The van der Waals surface area contributed by atoms with E-state index in [2.05, 4.69) is 19.9 Å². The average Bonchev–Trinajstić information content (AvgIpc) is 2.96. The average molecular weight is 350 g/mol. The first kappa shape index (κ1) is 21.7. The molecule has 0 bridgehead atoms. The molecule has 0 aliphatic heterocycles. The number of carbonyl (C=O) groups excluding carboxylic acids is 2. The summed E-state index contributed by atoms with van der Waals surface area (Å²) in [5.41, 5.74) is 0. The first-order chi connectivity index (χ1) is 12.1. The molecule has 0 aromatic heterocycles. The summed E-state index contributed by atoms with van der Waals surface area (Å²) in [4.78, 5) is 23.7. The molecule has 0 amide bonds. The van der Waals surface area contributed by atoms with Crippen LogP contribution in [0.1, 0.15) is 97.3 Å². The molecular weight excluding hydrogens is 314 g/mol. The number of rotatable bonds is 13. The lowest BCUT2D eigenvalue weighted by Gasteiger charge is -2.20. The van der Waals surface area contributed by atoms with E-state index >= 15 is 0 Å². The van der Waals surface area contributed by atoms with E-state index in [1.807, 2.05) is 0 Å². The van der Waals surface area contributed by atoms with Crippen LogP contribution in [0, 0.1) is 23.2 Å². The maximum Gasteiger partial charge on any atom is 0.306 e. The van der Waals surface area contributed by atoms with Gasteiger partial charge in [0.15, 0.2) is 0 Å². The van der Waals surface area contributed by atoms with Gasteiger partial charge in [0.05, 0.1) is 12.0 Å². The van der Waals surface area contributed by atoms with Crippen molar-refractivity contribution < 1.29 is 14.3 Å². The van der Waals surface area contributed by atoms with Crippen molar-refractivity contribution in [1.82, 2.24) is 0 Å². The quantitative estimate of drug-likeness (QED) is 0.332. The van der Waals surface area contributed by atoms with Gasteiger partial charge in [-0.25, -0.2) is 0 Å². The highest BCUT2D eigenvalue weighted by molar-refractivity contribution is 5.81. The molecule has 1 fully saturated rings.